The Morgan fingerprint density at radius 2 is 2.25 bits per heavy atom. The minimum Gasteiger partial charge on any atom is -0.481 e. The van der Waals surface area contributed by atoms with Crippen LogP contribution < -0.4 is 0 Å². The number of rotatable bonds is 6. The van der Waals surface area contributed by atoms with Crippen molar-refractivity contribution in [1.29, 1.82) is 0 Å². The van der Waals surface area contributed by atoms with Crippen LogP contribution in [0, 0.1) is 28.9 Å². The molecule has 1 atom stereocenters. The molecule has 1 aliphatic heterocycles. The lowest BCUT2D eigenvalue weighted by atomic mass is 9.87. The van der Waals surface area contributed by atoms with Gasteiger partial charge in [-0.2, -0.15) is 0 Å². The molecule has 1 aromatic rings. The van der Waals surface area contributed by atoms with Gasteiger partial charge in [-0.25, -0.2) is 9.55 Å². The van der Waals surface area contributed by atoms with Gasteiger partial charge in [-0.1, -0.05) is 6.92 Å². The van der Waals surface area contributed by atoms with E-state index in [9.17, 15) is 14.9 Å². The fourth-order valence-electron chi connectivity index (χ4n) is 2.43. The van der Waals surface area contributed by atoms with Crippen molar-refractivity contribution in [2.24, 2.45) is 11.8 Å². The Balaban J connectivity index is 1.85. The van der Waals surface area contributed by atoms with Crippen LogP contribution in [-0.2, 0) is 11.3 Å². The molecule has 0 spiro atoms. The summed E-state index contributed by atoms with van der Waals surface area (Å²) < 4.78 is 1.58. The highest BCUT2D eigenvalue weighted by Crippen LogP contribution is 2.24. The van der Waals surface area contributed by atoms with Crippen molar-refractivity contribution in [3.63, 3.8) is 0 Å². The van der Waals surface area contributed by atoms with Crippen LogP contribution in [0.15, 0.2) is 6.20 Å². The quantitative estimate of drug-likeness (QED) is 0.610. The van der Waals surface area contributed by atoms with Crippen molar-refractivity contribution in [3.8, 4) is 0 Å². The molecule has 8 heteroatoms. The van der Waals surface area contributed by atoms with Crippen LogP contribution in [0.1, 0.15) is 12.7 Å². The van der Waals surface area contributed by atoms with E-state index in [1.54, 1.807) is 18.4 Å². The van der Waals surface area contributed by atoms with E-state index in [-0.39, 0.29) is 17.7 Å². The van der Waals surface area contributed by atoms with Gasteiger partial charge in [-0.05, 0) is 10.8 Å². The van der Waals surface area contributed by atoms with Crippen LogP contribution in [-0.4, -0.2) is 50.1 Å². The van der Waals surface area contributed by atoms with E-state index in [1.165, 1.54) is 6.20 Å². The Morgan fingerprint density at radius 3 is 2.80 bits per heavy atom. The molecule has 0 amide bonds. The number of aryl methyl sites for hydroxylation is 1. The molecule has 0 bridgehead atoms. The van der Waals surface area contributed by atoms with Crippen molar-refractivity contribution in [1.82, 2.24) is 14.5 Å². The predicted octanol–water partition coefficient (Wildman–Crippen LogP) is 0.752. The van der Waals surface area contributed by atoms with Crippen molar-refractivity contribution in [2.45, 2.75) is 20.4 Å². The second-order valence-corrected chi connectivity index (χ2v) is 5.22. The molecule has 8 nitrogen and oxygen atoms in total. The van der Waals surface area contributed by atoms with Gasteiger partial charge in [0.15, 0.2) is 5.82 Å². The molecule has 0 aromatic carbocycles. The third kappa shape index (κ3) is 2.79. The Morgan fingerprint density at radius 1 is 1.60 bits per heavy atom. The molecule has 0 radical (unpaired) electrons. The van der Waals surface area contributed by atoms with Crippen molar-refractivity contribution < 1.29 is 14.8 Å². The van der Waals surface area contributed by atoms with E-state index in [0.29, 0.717) is 18.9 Å². The Hall–Kier alpha value is -1.96. The van der Waals surface area contributed by atoms with Gasteiger partial charge in [-0.3, -0.25) is 9.69 Å². The maximum absolute atomic E-state index is 10.8. The van der Waals surface area contributed by atoms with Gasteiger partial charge in [0, 0.05) is 26.6 Å². The lowest BCUT2D eigenvalue weighted by Gasteiger charge is -2.40. The first-order chi connectivity index (χ1) is 9.40. The second kappa shape index (κ2) is 5.58. The third-order valence-electron chi connectivity index (χ3n) is 3.94. The van der Waals surface area contributed by atoms with Crippen LogP contribution >= 0.6 is 0 Å². The summed E-state index contributed by atoms with van der Waals surface area (Å²) in [6.45, 7) is 6.08. The Kier molecular flexibility index (Phi) is 4.03. The molecule has 1 aliphatic rings. The van der Waals surface area contributed by atoms with Gasteiger partial charge < -0.3 is 15.2 Å². The minimum atomic E-state index is -0.768. The first-order valence-corrected chi connectivity index (χ1v) is 6.51. The zero-order valence-corrected chi connectivity index (χ0v) is 11.5. The zero-order chi connectivity index (χ0) is 14.9. The topological polar surface area (TPSA) is 102 Å². The van der Waals surface area contributed by atoms with Crippen molar-refractivity contribution in [3.05, 3.63) is 22.1 Å². The average Bonchev–Trinajstić information content (AvgIpc) is 2.68. The van der Waals surface area contributed by atoms with Crippen LogP contribution in [0.2, 0.25) is 0 Å². The van der Waals surface area contributed by atoms with E-state index in [0.717, 1.165) is 13.1 Å². The molecule has 1 N–H and O–H groups in total. The highest BCUT2D eigenvalue weighted by molar-refractivity contribution is 5.70. The summed E-state index contributed by atoms with van der Waals surface area (Å²) in [4.78, 5) is 27.3. The molecule has 0 saturated carbocycles. The number of hydrogen-bond acceptors (Lipinski definition) is 5. The molecule has 20 heavy (non-hydrogen) atoms. The summed E-state index contributed by atoms with van der Waals surface area (Å²) in [6, 6.07) is 0. The predicted molar refractivity (Wildman–Crippen MR) is 70.3 cm³/mol. The number of nitrogens with zero attached hydrogens (tertiary/aromatic N) is 4. The van der Waals surface area contributed by atoms with Gasteiger partial charge in [-0.15, -0.1) is 0 Å². The lowest BCUT2D eigenvalue weighted by molar-refractivity contribution is -0.392. The van der Waals surface area contributed by atoms with Crippen LogP contribution in [0.4, 0.5) is 5.82 Å². The number of carboxylic acid groups (broad SMARTS) is 1. The number of likely N-dealkylation sites (tertiary alicyclic amines) is 1. The van der Waals surface area contributed by atoms with Crippen molar-refractivity contribution >= 4 is 11.8 Å². The summed E-state index contributed by atoms with van der Waals surface area (Å²) in [5, 5.41) is 19.8. The normalized spacial score (nSPS) is 17.7. The van der Waals surface area contributed by atoms with E-state index in [2.05, 4.69) is 9.88 Å². The standard InChI is InChI=1S/C12H18N4O4/c1-8(12(17)18)10-6-14(7-10)3-4-15-9(2)13-5-11(15)16(19)20/h5,8,10H,3-4,6-7H2,1-2H3,(H,17,18). The number of hydrogen-bond donors (Lipinski definition) is 1. The fourth-order valence-corrected chi connectivity index (χ4v) is 2.43. The largest absolute Gasteiger partial charge is 0.481 e. The summed E-state index contributed by atoms with van der Waals surface area (Å²) >= 11 is 0. The zero-order valence-electron chi connectivity index (χ0n) is 11.5. The van der Waals surface area contributed by atoms with Crippen LogP contribution in [0.3, 0.4) is 0 Å². The van der Waals surface area contributed by atoms with E-state index in [1.807, 2.05) is 0 Å². The number of nitro groups is 1. The van der Waals surface area contributed by atoms with Gasteiger partial charge in [0.25, 0.3) is 0 Å². The third-order valence-corrected chi connectivity index (χ3v) is 3.94. The van der Waals surface area contributed by atoms with Gasteiger partial charge in [0.1, 0.15) is 12.7 Å². The molecule has 1 unspecified atom stereocenters. The number of carboxylic acids is 1. The summed E-state index contributed by atoms with van der Waals surface area (Å²) in [6.07, 6.45) is 1.26. The number of aromatic nitrogens is 2. The summed E-state index contributed by atoms with van der Waals surface area (Å²) in [7, 11) is 0. The number of aliphatic carboxylic acids is 1. The van der Waals surface area contributed by atoms with Gasteiger partial charge in [0.05, 0.1) is 5.92 Å². The molecule has 2 rings (SSSR count). The molecule has 110 valence electrons. The summed E-state index contributed by atoms with van der Waals surface area (Å²) in [5.41, 5.74) is 0. The lowest BCUT2D eigenvalue weighted by Crippen LogP contribution is -2.51. The molecule has 1 saturated heterocycles. The maximum Gasteiger partial charge on any atom is 0.342 e. The van der Waals surface area contributed by atoms with Crippen LogP contribution in [0.25, 0.3) is 0 Å². The van der Waals surface area contributed by atoms with E-state index < -0.39 is 10.9 Å². The summed E-state index contributed by atoms with van der Waals surface area (Å²) in [5.74, 6) is -0.316. The molecule has 1 aromatic heterocycles. The van der Waals surface area contributed by atoms with Crippen molar-refractivity contribution in [2.75, 3.05) is 19.6 Å². The highest BCUT2D eigenvalue weighted by Gasteiger charge is 2.34. The van der Waals surface area contributed by atoms with E-state index >= 15 is 0 Å². The Bertz CT molecular complexity index is 522. The number of carbonyl (C=O) groups is 1. The SMILES string of the molecule is Cc1ncc([N+](=O)[O-])n1CCN1CC(C(C)C(=O)O)C1. The molecular weight excluding hydrogens is 264 g/mol. The molecule has 2 heterocycles. The highest BCUT2D eigenvalue weighted by atomic mass is 16.6. The van der Waals surface area contributed by atoms with Gasteiger partial charge >= 0.3 is 11.8 Å². The maximum atomic E-state index is 10.8. The fraction of sp³-hybridized carbons (Fsp3) is 0.667. The number of imidazole rings is 1. The Labute approximate surface area is 116 Å². The van der Waals surface area contributed by atoms with Crippen LogP contribution in [0.5, 0.6) is 0 Å². The average molecular weight is 282 g/mol. The first kappa shape index (κ1) is 14.4. The van der Waals surface area contributed by atoms with E-state index in [4.69, 9.17) is 5.11 Å². The smallest absolute Gasteiger partial charge is 0.342 e. The minimum absolute atomic E-state index is 0.00141. The van der Waals surface area contributed by atoms with Gasteiger partial charge in [0.2, 0.25) is 0 Å². The molecule has 0 aliphatic carbocycles. The first-order valence-electron chi connectivity index (χ1n) is 6.51. The monoisotopic (exact) mass is 282 g/mol. The molecular formula is C12H18N4O4. The molecule has 1 fully saturated rings. The second-order valence-electron chi connectivity index (χ2n) is 5.22.